The molecule has 0 spiro atoms. The first-order chi connectivity index (χ1) is 9.49. The van der Waals surface area contributed by atoms with Crippen molar-refractivity contribution in [2.45, 2.75) is 50.6 Å². The molecule has 3 amide bonds. The first-order valence-corrected chi connectivity index (χ1v) is 7.07. The molecule has 1 aliphatic carbocycles. The van der Waals surface area contributed by atoms with Gasteiger partial charge in [-0.15, -0.1) is 12.4 Å². The molecule has 1 aliphatic heterocycles. The molecule has 0 aromatic rings. The number of urea groups is 1. The molecule has 1 saturated carbocycles. The van der Waals surface area contributed by atoms with Gasteiger partial charge in [-0.25, -0.2) is 4.79 Å². The van der Waals surface area contributed by atoms with E-state index in [9.17, 15) is 19.5 Å². The average Bonchev–Trinajstić information content (AvgIpc) is 2.74. The SMILES string of the molecule is Cl.NC(=O)NC(=O)CCN1C(C(=O)O)CC2CCCCC21. The molecule has 0 aromatic heterocycles. The Labute approximate surface area is 129 Å². The van der Waals surface area contributed by atoms with Crippen LogP contribution in [0.4, 0.5) is 4.79 Å². The second kappa shape index (κ2) is 7.61. The highest BCUT2D eigenvalue weighted by molar-refractivity contribution is 5.93. The predicted molar refractivity (Wildman–Crippen MR) is 78.1 cm³/mol. The number of likely N-dealkylation sites (tertiary alicyclic amines) is 1. The van der Waals surface area contributed by atoms with E-state index in [0.29, 0.717) is 18.9 Å². The Kier molecular flexibility index (Phi) is 6.42. The van der Waals surface area contributed by atoms with Gasteiger partial charge in [-0.05, 0) is 25.2 Å². The normalized spacial score (nSPS) is 28.3. The molecular formula is C13H22ClN3O4. The topological polar surface area (TPSA) is 113 Å². The summed E-state index contributed by atoms with van der Waals surface area (Å²) in [5, 5.41) is 11.3. The molecule has 3 atom stereocenters. The van der Waals surface area contributed by atoms with Gasteiger partial charge in [-0.2, -0.15) is 0 Å². The molecule has 2 rings (SSSR count). The van der Waals surface area contributed by atoms with Crippen LogP contribution in [-0.4, -0.2) is 46.5 Å². The van der Waals surface area contributed by atoms with E-state index in [0.717, 1.165) is 25.7 Å². The highest BCUT2D eigenvalue weighted by Crippen LogP contribution is 2.39. The lowest BCUT2D eigenvalue weighted by Gasteiger charge is -2.32. The van der Waals surface area contributed by atoms with Gasteiger partial charge in [-0.1, -0.05) is 12.8 Å². The van der Waals surface area contributed by atoms with Crippen LogP contribution < -0.4 is 11.1 Å². The minimum Gasteiger partial charge on any atom is -0.480 e. The van der Waals surface area contributed by atoms with Gasteiger partial charge >= 0.3 is 12.0 Å². The van der Waals surface area contributed by atoms with Crippen LogP contribution in [-0.2, 0) is 9.59 Å². The molecule has 3 unspecified atom stereocenters. The Hall–Kier alpha value is -1.34. The molecule has 0 bridgehead atoms. The van der Waals surface area contributed by atoms with Gasteiger partial charge in [-0.3, -0.25) is 19.8 Å². The molecule has 0 radical (unpaired) electrons. The number of primary amides is 1. The Morgan fingerprint density at radius 1 is 1.24 bits per heavy atom. The number of imide groups is 1. The number of carbonyl (C=O) groups is 3. The molecule has 0 aromatic carbocycles. The van der Waals surface area contributed by atoms with E-state index in [4.69, 9.17) is 5.73 Å². The van der Waals surface area contributed by atoms with Crippen molar-refractivity contribution in [3.8, 4) is 0 Å². The minimum absolute atomic E-state index is 0. The molecule has 2 aliphatic rings. The van der Waals surface area contributed by atoms with E-state index in [1.54, 1.807) is 0 Å². The molecule has 1 heterocycles. The van der Waals surface area contributed by atoms with Crippen LogP contribution in [0.15, 0.2) is 0 Å². The fourth-order valence-corrected chi connectivity index (χ4v) is 3.55. The van der Waals surface area contributed by atoms with E-state index in [-0.39, 0.29) is 24.9 Å². The largest absolute Gasteiger partial charge is 0.480 e. The van der Waals surface area contributed by atoms with E-state index in [2.05, 4.69) is 0 Å². The predicted octanol–water partition coefficient (Wildman–Crippen LogP) is 0.711. The number of carboxylic acids is 1. The summed E-state index contributed by atoms with van der Waals surface area (Å²) < 4.78 is 0. The number of nitrogens with two attached hydrogens (primary N) is 1. The quantitative estimate of drug-likeness (QED) is 0.706. The van der Waals surface area contributed by atoms with Crippen LogP contribution in [0.25, 0.3) is 0 Å². The van der Waals surface area contributed by atoms with Crippen molar-refractivity contribution in [3.63, 3.8) is 0 Å². The molecule has 21 heavy (non-hydrogen) atoms. The van der Waals surface area contributed by atoms with Crippen molar-refractivity contribution in [1.29, 1.82) is 0 Å². The zero-order valence-electron chi connectivity index (χ0n) is 11.8. The number of hydrogen-bond donors (Lipinski definition) is 3. The number of nitrogens with one attached hydrogen (secondary N) is 1. The van der Waals surface area contributed by atoms with E-state index < -0.39 is 23.9 Å². The number of halogens is 1. The lowest BCUT2D eigenvalue weighted by atomic mass is 9.85. The fraction of sp³-hybridized carbons (Fsp3) is 0.769. The standard InChI is InChI=1S/C13H21N3O4.ClH/c14-13(20)15-11(17)5-6-16-9-4-2-1-3-8(9)7-10(16)12(18)19;/h8-10H,1-7H2,(H,18,19)(H3,14,15,17,20);1H. The average molecular weight is 320 g/mol. The van der Waals surface area contributed by atoms with Crippen molar-refractivity contribution in [1.82, 2.24) is 10.2 Å². The summed E-state index contributed by atoms with van der Waals surface area (Å²) in [6.07, 6.45) is 5.08. The Morgan fingerprint density at radius 2 is 1.90 bits per heavy atom. The molecule has 8 heteroatoms. The van der Waals surface area contributed by atoms with Gasteiger partial charge in [0.2, 0.25) is 5.91 Å². The van der Waals surface area contributed by atoms with Gasteiger partial charge < -0.3 is 10.8 Å². The minimum atomic E-state index is -0.873. The zero-order chi connectivity index (χ0) is 14.7. The van der Waals surface area contributed by atoms with Gasteiger partial charge in [0.05, 0.1) is 0 Å². The highest BCUT2D eigenvalue weighted by atomic mass is 35.5. The van der Waals surface area contributed by atoms with Gasteiger partial charge in [0, 0.05) is 19.0 Å². The summed E-state index contributed by atoms with van der Waals surface area (Å²) in [6.45, 7) is 0.358. The van der Waals surface area contributed by atoms with Crippen LogP contribution >= 0.6 is 12.4 Å². The molecule has 7 nitrogen and oxygen atoms in total. The van der Waals surface area contributed by atoms with Crippen LogP contribution in [0.5, 0.6) is 0 Å². The first kappa shape index (κ1) is 17.7. The number of amides is 3. The van der Waals surface area contributed by atoms with Gasteiger partial charge in [0.1, 0.15) is 6.04 Å². The Bertz CT molecular complexity index is 418. The number of carbonyl (C=O) groups excluding carboxylic acids is 2. The molecular weight excluding hydrogens is 298 g/mol. The lowest BCUT2D eigenvalue weighted by molar-refractivity contribution is -0.143. The van der Waals surface area contributed by atoms with Crippen molar-refractivity contribution < 1.29 is 19.5 Å². The van der Waals surface area contributed by atoms with E-state index in [1.165, 1.54) is 0 Å². The number of carboxylic acid groups (broad SMARTS) is 1. The summed E-state index contributed by atoms with van der Waals surface area (Å²) in [6, 6.07) is -1.13. The number of hydrogen-bond acceptors (Lipinski definition) is 4. The highest BCUT2D eigenvalue weighted by Gasteiger charge is 2.44. The third kappa shape index (κ3) is 4.31. The maximum atomic E-state index is 11.5. The second-order valence-corrected chi connectivity index (χ2v) is 5.60. The number of fused-ring (bicyclic) bond motifs is 1. The smallest absolute Gasteiger partial charge is 0.320 e. The van der Waals surface area contributed by atoms with Crippen molar-refractivity contribution in [2.24, 2.45) is 11.7 Å². The fourth-order valence-electron chi connectivity index (χ4n) is 3.55. The zero-order valence-corrected chi connectivity index (χ0v) is 12.6. The lowest BCUT2D eigenvalue weighted by Crippen LogP contribution is -2.44. The summed E-state index contributed by atoms with van der Waals surface area (Å²) in [4.78, 5) is 35.3. The Balaban J connectivity index is 0.00000220. The van der Waals surface area contributed by atoms with E-state index >= 15 is 0 Å². The van der Waals surface area contributed by atoms with Crippen molar-refractivity contribution in [2.75, 3.05) is 6.54 Å². The van der Waals surface area contributed by atoms with Crippen LogP contribution in [0.3, 0.4) is 0 Å². The van der Waals surface area contributed by atoms with Gasteiger partial charge in [0.15, 0.2) is 0 Å². The number of aliphatic carboxylic acids is 1. The van der Waals surface area contributed by atoms with Crippen LogP contribution in [0, 0.1) is 5.92 Å². The summed E-state index contributed by atoms with van der Waals surface area (Å²) >= 11 is 0. The summed E-state index contributed by atoms with van der Waals surface area (Å²) in [5.41, 5.74) is 4.88. The maximum Gasteiger partial charge on any atom is 0.320 e. The third-order valence-electron chi connectivity index (χ3n) is 4.37. The van der Waals surface area contributed by atoms with Crippen LogP contribution in [0.1, 0.15) is 38.5 Å². The van der Waals surface area contributed by atoms with Crippen molar-refractivity contribution >= 4 is 30.3 Å². The molecule has 1 saturated heterocycles. The van der Waals surface area contributed by atoms with Crippen LogP contribution in [0.2, 0.25) is 0 Å². The first-order valence-electron chi connectivity index (χ1n) is 7.07. The number of rotatable bonds is 4. The monoisotopic (exact) mass is 319 g/mol. The third-order valence-corrected chi connectivity index (χ3v) is 4.37. The number of nitrogens with zero attached hydrogens (tertiary/aromatic N) is 1. The Morgan fingerprint density at radius 3 is 2.52 bits per heavy atom. The van der Waals surface area contributed by atoms with Gasteiger partial charge in [0.25, 0.3) is 0 Å². The summed E-state index contributed by atoms with van der Waals surface area (Å²) in [5.74, 6) is -0.861. The second-order valence-electron chi connectivity index (χ2n) is 5.60. The molecule has 120 valence electrons. The molecule has 2 fully saturated rings. The van der Waals surface area contributed by atoms with Crippen molar-refractivity contribution in [3.05, 3.63) is 0 Å². The maximum absolute atomic E-state index is 11.5. The summed E-state index contributed by atoms with van der Waals surface area (Å²) in [7, 11) is 0. The van der Waals surface area contributed by atoms with E-state index in [1.807, 2.05) is 10.2 Å². The molecule has 4 N–H and O–H groups in total.